The molecule has 0 aromatic heterocycles. The van der Waals surface area contributed by atoms with Gasteiger partial charge in [0.25, 0.3) is 0 Å². The zero-order valence-corrected chi connectivity index (χ0v) is 13.7. The zero-order valence-electron chi connectivity index (χ0n) is 11.3. The van der Waals surface area contributed by atoms with E-state index in [1.807, 2.05) is 0 Å². The molecule has 7 heteroatoms. The lowest BCUT2D eigenvalue weighted by molar-refractivity contribution is 0.277. The van der Waals surface area contributed by atoms with Crippen molar-refractivity contribution in [1.29, 1.82) is 0 Å². The van der Waals surface area contributed by atoms with E-state index in [-0.39, 0.29) is 11.7 Å². The summed E-state index contributed by atoms with van der Waals surface area (Å²) in [6, 6.07) is 4.48. The SMILES string of the molecule is CS(=O)(=O)N1CCCC(CNc2cc(F)ccc2Br)C1. The van der Waals surface area contributed by atoms with Crippen LogP contribution in [0.5, 0.6) is 0 Å². The molecule has 0 bridgehead atoms. The first kappa shape index (κ1) is 15.7. The van der Waals surface area contributed by atoms with Crippen molar-refractivity contribution in [3.63, 3.8) is 0 Å². The molecule has 0 aliphatic carbocycles. The van der Waals surface area contributed by atoms with E-state index in [9.17, 15) is 12.8 Å². The third-order valence-corrected chi connectivity index (χ3v) is 5.42. The molecule has 1 fully saturated rings. The first-order chi connectivity index (χ1) is 9.36. The number of hydrogen-bond acceptors (Lipinski definition) is 3. The number of nitrogens with zero attached hydrogens (tertiary/aromatic N) is 1. The Balaban J connectivity index is 1.95. The molecule has 0 spiro atoms. The Morgan fingerprint density at radius 3 is 2.95 bits per heavy atom. The van der Waals surface area contributed by atoms with Crippen LogP contribution in [0.1, 0.15) is 12.8 Å². The van der Waals surface area contributed by atoms with Crippen molar-refractivity contribution in [2.24, 2.45) is 5.92 Å². The Bertz CT molecular complexity index is 580. The average Bonchev–Trinajstić information content (AvgIpc) is 2.39. The maximum absolute atomic E-state index is 13.2. The number of piperidine rings is 1. The Hall–Kier alpha value is -0.660. The molecule has 1 N–H and O–H groups in total. The summed E-state index contributed by atoms with van der Waals surface area (Å²) in [5.41, 5.74) is 0.696. The lowest BCUT2D eigenvalue weighted by atomic mass is 9.99. The summed E-state index contributed by atoms with van der Waals surface area (Å²) in [7, 11) is -3.12. The van der Waals surface area contributed by atoms with Crippen LogP contribution < -0.4 is 5.32 Å². The molecule has 1 aliphatic heterocycles. The molecule has 1 aromatic carbocycles. The molecular formula is C13H18BrFN2O2S. The molecule has 2 rings (SSSR count). The number of benzene rings is 1. The summed E-state index contributed by atoms with van der Waals surface area (Å²) in [4.78, 5) is 0. The fourth-order valence-electron chi connectivity index (χ4n) is 2.38. The van der Waals surface area contributed by atoms with Crippen LogP contribution in [0.2, 0.25) is 0 Å². The lowest BCUT2D eigenvalue weighted by Crippen LogP contribution is -2.41. The smallest absolute Gasteiger partial charge is 0.211 e. The van der Waals surface area contributed by atoms with Gasteiger partial charge in [-0.1, -0.05) is 0 Å². The summed E-state index contributed by atoms with van der Waals surface area (Å²) in [6.07, 6.45) is 3.08. The van der Waals surface area contributed by atoms with Crippen LogP contribution in [-0.4, -0.2) is 38.6 Å². The summed E-state index contributed by atoms with van der Waals surface area (Å²) in [5, 5.41) is 3.19. The molecule has 4 nitrogen and oxygen atoms in total. The highest BCUT2D eigenvalue weighted by molar-refractivity contribution is 9.10. The largest absolute Gasteiger partial charge is 0.384 e. The Kier molecular flexibility index (Phi) is 5.04. The van der Waals surface area contributed by atoms with Gasteiger partial charge in [0.2, 0.25) is 10.0 Å². The van der Waals surface area contributed by atoms with Crippen LogP contribution in [-0.2, 0) is 10.0 Å². The van der Waals surface area contributed by atoms with Crippen molar-refractivity contribution >= 4 is 31.6 Å². The molecule has 20 heavy (non-hydrogen) atoms. The maximum atomic E-state index is 13.2. The Morgan fingerprint density at radius 2 is 2.25 bits per heavy atom. The highest BCUT2D eigenvalue weighted by atomic mass is 79.9. The van der Waals surface area contributed by atoms with Crippen LogP contribution in [0.25, 0.3) is 0 Å². The van der Waals surface area contributed by atoms with Crippen LogP contribution in [0.3, 0.4) is 0 Å². The standard InChI is InChI=1S/C13H18BrFN2O2S/c1-20(18,19)17-6-2-3-10(9-17)8-16-13-7-11(15)4-5-12(13)14/h4-5,7,10,16H,2-3,6,8-9H2,1H3. The second-order valence-corrected chi connectivity index (χ2v) is 7.97. The molecule has 1 atom stereocenters. The van der Waals surface area contributed by atoms with Crippen LogP contribution in [0.15, 0.2) is 22.7 Å². The minimum Gasteiger partial charge on any atom is -0.384 e. The predicted molar refractivity (Wildman–Crippen MR) is 81.7 cm³/mol. The summed E-state index contributed by atoms with van der Waals surface area (Å²) in [6.45, 7) is 1.76. The van der Waals surface area contributed by atoms with E-state index in [2.05, 4.69) is 21.2 Å². The summed E-state index contributed by atoms with van der Waals surface area (Å²) < 4.78 is 38.6. The molecule has 1 unspecified atom stereocenters. The molecule has 112 valence electrons. The van der Waals surface area contributed by atoms with Gasteiger partial charge in [-0.05, 0) is 52.9 Å². The number of halogens is 2. The molecule has 1 saturated heterocycles. The normalized spacial score (nSPS) is 20.9. The van der Waals surface area contributed by atoms with Gasteiger partial charge in [0.05, 0.1) is 11.9 Å². The van der Waals surface area contributed by atoms with Crippen LogP contribution >= 0.6 is 15.9 Å². The molecule has 1 heterocycles. The van der Waals surface area contributed by atoms with Crippen molar-refractivity contribution < 1.29 is 12.8 Å². The van der Waals surface area contributed by atoms with Gasteiger partial charge in [0, 0.05) is 24.1 Å². The molecule has 1 aliphatic rings. The van der Waals surface area contributed by atoms with Crippen molar-refractivity contribution in [2.45, 2.75) is 12.8 Å². The first-order valence-electron chi connectivity index (χ1n) is 6.50. The average molecular weight is 365 g/mol. The van der Waals surface area contributed by atoms with E-state index in [1.54, 1.807) is 6.07 Å². The highest BCUT2D eigenvalue weighted by Crippen LogP contribution is 2.25. The van der Waals surface area contributed by atoms with Gasteiger partial charge in [0.15, 0.2) is 0 Å². The highest BCUT2D eigenvalue weighted by Gasteiger charge is 2.25. The minimum atomic E-state index is -3.12. The van der Waals surface area contributed by atoms with E-state index in [0.717, 1.165) is 17.3 Å². The fraction of sp³-hybridized carbons (Fsp3) is 0.538. The second kappa shape index (κ2) is 6.41. The van der Waals surface area contributed by atoms with Gasteiger partial charge in [0.1, 0.15) is 5.82 Å². The number of nitrogens with one attached hydrogen (secondary N) is 1. The third kappa shape index (κ3) is 4.17. The van der Waals surface area contributed by atoms with Crippen molar-refractivity contribution in [3.8, 4) is 0 Å². The van der Waals surface area contributed by atoms with Crippen LogP contribution in [0.4, 0.5) is 10.1 Å². The van der Waals surface area contributed by atoms with Gasteiger partial charge in [-0.25, -0.2) is 17.1 Å². The molecule has 0 amide bonds. The van der Waals surface area contributed by atoms with Gasteiger partial charge >= 0.3 is 0 Å². The van der Waals surface area contributed by atoms with E-state index in [1.165, 1.54) is 22.7 Å². The monoisotopic (exact) mass is 364 g/mol. The van der Waals surface area contributed by atoms with E-state index >= 15 is 0 Å². The predicted octanol–water partition coefficient (Wildman–Crippen LogP) is 2.67. The van der Waals surface area contributed by atoms with E-state index in [0.29, 0.717) is 25.3 Å². The summed E-state index contributed by atoms with van der Waals surface area (Å²) >= 11 is 3.36. The number of hydrogen-bond donors (Lipinski definition) is 1. The second-order valence-electron chi connectivity index (χ2n) is 5.13. The topological polar surface area (TPSA) is 49.4 Å². The lowest BCUT2D eigenvalue weighted by Gasteiger charge is -2.31. The number of sulfonamides is 1. The molecule has 1 aromatic rings. The van der Waals surface area contributed by atoms with E-state index < -0.39 is 10.0 Å². The van der Waals surface area contributed by atoms with Gasteiger partial charge < -0.3 is 5.32 Å². The Labute approximate surface area is 127 Å². The van der Waals surface area contributed by atoms with Crippen molar-refractivity contribution in [1.82, 2.24) is 4.31 Å². The number of anilines is 1. The van der Waals surface area contributed by atoms with Crippen molar-refractivity contribution in [3.05, 3.63) is 28.5 Å². The van der Waals surface area contributed by atoms with Gasteiger partial charge in [-0.3, -0.25) is 0 Å². The maximum Gasteiger partial charge on any atom is 0.211 e. The summed E-state index contributed by atoms with van der Waals surface area (Å²) in [5.74, 6) is -0.0502. The van der Waals surface area contributed by atoms with E-state index in [4.69, 9.17) is 0 Å². The minimum absolute atomic E-state index is 0.244. The van der Waals surface area contributed by atoms with Gasteiger partial charge in [-0.15, -0.1) is 0 Å². The Morgan fingerprint density at radius 1 is 1.50 bits per heavy atom. The third-order valence-electron chi connectivity index (χ3n) is 3.46. The first-order valence-corrected chi connectivity index (χ1v) is 9.14. The molecule has 0 radical (unpaired) electrons. The molecule has 0 saturated carbocycles. The van der Waals surface area contributed by atoms with Crippen LogP contribution in [0, 0.1) is 11.7 Å². The van der Waals surface area contributed by atoms with Gasteiger partial charge in [-0.2, -0.15) is 0 Å². The zero-order chi connectivity index (χ0) is 14.8. The van der Waals surface area contributed by atoms with Crippen molar-refractivity contribution in [2.75, 3.05) is 31.2 Å². The molecular weight excluding hydrogens is 347 g/mol. The fourth-order valence-corrected chi connectivity index (χ4v) is 3.71. The quantitative estimate of drug-likeness (QED) is 0.893. The number of rotatable bonds is 4.